The molecule has 0 aromatic heterocycles. The molecule has 52 heavy (non-hydrogen) atoms. The third kappa shape index (κ3) is 27.9. The summed E-state index contributed by atoms with van der Waals surface area (Å²) in [5.41, 5.74) is 0. The largest absolute Gasteiger partial charge is 0.466 e. The van der Waals surface area contributed by atoms with Crippen molar-refractivity contribution in [1.29, 1.82) is 0 Å². The Morgan fingerprint density at radius 1 is 0.538 bits per heavy atom. The van der Waals surface area contributed by atoms with Crippen LogP contribution in [0.4, 0.5) is 0 Å². The standard InChI is InChI=1S/C45H85NO6/c1-5-8-11-14-17-18-19-22-29-36-50-43(47)33-26-23-28-35-46-39-40(4)38-42(46)45(49)51-37-30-27-34-44(48)52-41(31-24-20-15-12-9-6-2)32-25-21-16-13-10-7-3/h40-42H,5-39H2,1-4H3. The minimum absolute atomic E-state index is 0.0428. The molecule has 0 N–H and O–H groups in total. The van der Waals surface area contributed by atoms with Crippen LogP contribution in [-0.2, 0) is 28.6 Å². The van der Waals surface area contributed by atoms with Crippen molar-refractivity contribution in [2.45, 2.75) is 239 Å². The maximum Gasteiger partial charge on any atom is 0.323 e. The zero-order valence-electron chi connectivity index (χ0n) is 34.9. The average molecular weight is 736 g/mol. The van der Waals surface area contributed by atoms with Crippen molar-refractivity contribution in [3.63, 3.8) is 0 Å². The summed E-state index contributed by atoms with van der Waals surface area (Å²) in [6, 6.07) is -0.189. The summed E-state index contributed by atoms with van der Waals surface area (Å²) in [5.74, 6) is 0.148. The first-order chi connectivity index (χ1) is 25.4. The first-order valence-corrected chi connectivity index (χ1v) is 22.7. The predicted octanol–water partition coefficient (Wildman–Crippen LogP) is 12.5. The Kier molecular flexibility index (Phi) is 32.7. The van der Waals surface area contributed by atoms with Gasteiger partial charge in [-0.15, -0.1) is 0 Å². The molecule has 7 nitrogen and oxygen atoms in total. The van der Waals surface area contributed by atoms with Gasteiger partial charge in [-0.05, 0) is 76.7 Å². The maximum atomic E-state index is 13.0. The first-order valence-electron chi connectivity index (χ1n) is 22.7. The SMILES string of the molecule is CCCCCCCCCCCOC(=O)CCCCCN1CC(C)CC1C(=O)OCCCCC(=O)OC(CCCCCCCC)CCCCCCCC. The zero-order valence-corrected chi connectivity index (χ0v) is 34.9. The molecule has 1 aliphatic rings. The van der Waals surface area contributed by atoms with E-state index in [1.165, 1.54) is 109 Å². The summed E-state index contributed by atoms with van der Waals surface area (Å²) in [6.07, 6.45) is 34.2. The van der Waals surface area contributed by atoms with Crippen molar-refractivity contribution in [2.24, 2.45) is 5.92 Å². The van der Waals surface area contributed by atoms with Gasteiger partial charge in [-0.25, -0.2) is 0 Å². The van der Waals surface area contributed by atoms with Gasteiger partial charge in [-0.1, -0.05) is 150 Å². The topological polar surface area (TPSA) is 82.1 Å². The molecule has 0 aliphatic carbocycles. The van der Waals surface area contributed by atoms with E-state index in [9.17, 15) is 14.4 Å². The molecule has 0 spiro atoms. The summed E-state index contributed by atoms with van der Waals surface area (Å²) >= 11 is 0. The van der Waals surface area contributed by atoms with Crippen molar-refractivity contribution in [3.8, 4) is 0 Å². The summed E-state index contributed by atoms with van der Waals surface area (Å²) in [6.45, 7) is 11.6. The van der Waals surface area contributed by atoms with E-state index in [1.807, 2.05) is 0 Å². The molecule has 2 unspecified atom stereocenters. The van der Waals surface area contributed by atoms with Gasteiger partial charge < -0.3 is 14.2 Å². The summed E-state index contributed by atoms with van der Waals surface area (Å²) < 4.78 is 17.1. The van der Waals surface area contributed by atoms with E-state index in [4.69, 9.17) is 14.2 Å². The lowest BCUT2D eigenvalue weighted by Crippen LogP contribution is -2.38. The van der Waals surface area contributed by atoms with Crippen LogP contribution in [0.5, 0.6) is 0 Å². The van der Waals surface area contributed by atoms with Gasteiger partial charge in [-0.3, -0.25) is 19.3 Å². The molecule has 0 amide bonds. The minimum atomic E-state index is -0.189. The van der Waals surface area contributed by atoms with E-state index < -0.39 is 0 Å². The number of hydrogen-bond donors (Lipinski definition) is 0. The Balaban J connectivity index is 2.21. The second-order valence-electron chi connectivity index (χ2n) is 16.1. The predicted molar refractivity (Wildman–Crippen MR) is 216 cm³/mol. The molecule has 0 saturated carbocycles. The number of carbonyl (C=O) groups excluding carboxylic acids is 3. The van der Waals surface area contributed by atoms with E-state index >= 15 is 0 Å². The number of unbranched alkanes of at least 4 members (excludes halogenated alkanes) is 21. The van der Waals surface area contributed by atoms with Crippen LogP contribution in [0.15, 0.2) is 0 Å². The van der Waals surface area contributed by atoms with Gasteiger partial charge in [0.05, 0.1) is 13.2 Å². The summed E-state index contributed by atoms with van der Waals surface area (Å²) in [5, 5.41) is 0. The Morgan fingerprint density at radius 2 is 0.981 bits per heavy atom. The number of likely N-dealkylation sites (tertiary alicyclic amines) is 1. The zero-order chi connectivity index (χ0) is 37.9. The smallest absolute Gasteiger partial charge is 0.323 e. The van der Waals surface area contributed by atoms with Crippen LogP contribution in [0.2, 0.25) is 0 Å². The maximum absolute atomic E-state index is 13.0. The molecule has 1 saturated heterocycles. The average Bonchev–Trinajstić information content (AvgIpc) is 3.51. The number of nitrogens with zero attached hydrogens (tertiary/aromatic N) is 1. The quantitative estimate of drug-likeness (QED) is 0.0357. The second-order valence-corrected chi connectivity index (χ2v) is 16.1. The van der Waals surface area contributed by atoms with E-state index in [1.54, 1.807) is 0 Å². The van der Waals surface area contributed by atoms with Crippen LogP contribution in [0.1, 0.15) is 227 Å². The highest BCUT2D eigenvalue weighted by Gasteiger charge is 2.35. The number of esters is 3. The summed E-state index contributed by atoms with van der Waals surface area (Å²) in [7, 11) is 0. The van der Waals surface area contributed by atoms with Gasteiger partial charge in [-0.2, -0.15) is 0 Å². The van der Waals surface area contributed by atoms with Crippen molar-refractivity contribution < 1.29 is 28.6 Å². The van der Waals surface area contributed by atoms with Crippen LogP contribution < -0.4 is 0 Å². The fraction of sp³-hybridized carbons (Fsp3) is 0.933. The second kappa shape index (κ2) is 35.1. The van der Waals surface area contributed by atoms with Crippen molar-refractivity contribution in [3.05, 3.63) is 0 Å². The fourth-order valence-electron chi connectivity index (χ4n) is 7.51. The third-order valence-corrected chi connectivity index (χ3v) is 10.8. The van der Waals surface area contributed by atoms with Gasteiger partial charge in [0, 0.05) is 19.4 Å². The normalized spacial score (nSPS) is 16.1. The molecule has 0 aromatic rings. The molecule has 306 valence electrons. The molecular weight excluding hydrogens is 650 g/mol. The number of ether oxygens (including phenoxy) is 3. The number of rotatable bonds is 37. The molecule has 1 fully saturated rings. The number of hydrogen-bond acceptors (Lipinski definition) is 7. The Hall–Kier alpha value is -1.63. The van der Waals surface area contributed by atoms with E-state index in [0.29, 0.717) is 44.8 Å². The van der Waals surface area contributed by atoms with Gasteiger partial charge >= 0.3 is 17.9 Å². The first kappa shape index (κ1) is 48.4. The molecule has 0 bridgehead atoms. The van der Waals surface area contributed by atoms with Crippen LogP contribution in [0.3, 0.4) is 0 Å². The Morgan fingerprint density at radius 3 is 1.56 bits per heavy atom. The van der Waals surface area contributed by atoms with E-state index in [0.717, 1.165) is 77.3 Å². The summed E-state index contributed by atoms with van der Waals surface area (Å²) in [4.78, 5) is 40.1. The van der Waals surface area contributed by atoms with Crippen molar-refractivity contribution >= 4 is 17.9 Å². The Labute approximate surface area is 321 Å². The Bertz CT molecular complexity index is 834. The highest BCUT2D eigenvalue weighted by Crippen LogP contribution is 2.25. The highest BCUT2D eigenvalue weighted by atomic mass is 16.5. The van der Waals surface area contributed by atoms with Crippen LogP contribution in [0, 0.1) is 5.92 Å². The highest BCUT2D eigenvalue weighted by molar-refractivity contribution is 5.76. The van der Waals surface area contributed by atoms with Gasteiger partial charge in [0.15, 0.2) is 0 Å². The van der Waals surface area contributed by atoms with Gasteiger partial charge in [0.25, 0.3) is 0 Å². The van der Waals surface area contributed by atoms with Crippen LogP contribution in [-0.4, -0.2) is 61.3 Å². The van der Waals surface area contributed by atoms with Gasteiger partial charge in [0.2, 0.25) is 0 Å². The van der Waals surface area contributed by atoms with Gasteiger partial charge in [0.1, 0.15) is 12.1 Å². The van der Waals surface area contributed by atoms with Crippen molar-refractivity contribution in [1.82, 2.24) is 4.90 Å². The lowest BCUT2D eigenvalue weighted by molar-refractivity contribution is -0.150. The van der Waals surface area contributed by atoms with E-state index in [-0.39, 0.29) is 30.1 Å². The molecule has 1 aliphatic heterocycles. The molecular formula is C45H85NO6. The lowest BCUT2D eigenvalue weighted by atomic mass is 10.0. The van der Waals surface area contributed by atoms with Crippen LogP contribution in [0.25, 0.3) is 0 Å². The monoisotopic (exact) mass is 736 g/mol. The van der Waals surface area contributed by atoms with E-state index in [2.05, 4.69) is 32.6 Å². The number of carbonyl (C=O) groups is 3. The lowest BCUT2D eigenvalue weighted by Gasteiger charge is -2.23. The molecule has 2 atom stereocenters. The molecule has 1 rings (SSSR count). The van der Waals surface area contributed by atoms with Crippen molar-refractivity contribution in [2.75, 3.05) is 26.3 Å². The fourth-order valence-corrected chi connectivity index (χ4v) is 7.51. The third-order valence-electron chi connectivity index (χ3n) is 10.8. The van der Waals surface area contributed by atoms with Crippen LogP contribution >= 0.6 is 0 Å². The molecule has 0 radical (unpaired) electrons. The molecule has 0 aromatic carbocycles. The molecule has 7 heteroatoms. The molecule has 1 heterocycles. The minimum Gasteiger partial charge on any atom is -0.466 e.